The van der Waals surface area contributed by atoms with Crippen LogP contribution in [0.25, 0.3) is 0 Å². The Morgan fingerprint density at radius 2 is 2.00 bits per heavy atom. The molecule has 0 aromatic carbocycles. The summed E-state index contributed by atoms with van der Waals surface area (Å²) in [7, 11) is 3.65. The van der Waals surface area contributed by atoms with Gasteiger partial charge < -0.3 is 15.1 Å². The lowest BCUT2D eigenvalue weighted by Gasteiger charge is -2.32. The van der Waals surface area contributed by atoms with Crippen LogP contribution in [0.2, 0.25) is 0 Å². The number of amides is 1. The normalized spacial score (nSPS) is 18.3. The summed E-state index contributed by atoms with van der Waals surface area (Å²) in [6, 6.07) is 0.708. The lowest BCUT2D eigenvalue weighted by molar-refractivity contribution is -0.128. The summed E-state index contributed by atoms with van der Waals surface area (Å²) < 4.78 is 0. The third-order valence-corrected chi connectivity index (χ3v) is 3.44. The molecule has 1 aliphatic rings. The van der Waals surface area contributed by atoms with Gasteiger partial charge in [0.15, 0.2) is 0 Å². The first kappa shape index (κ1) is 14.5. The van der Waals surface area contributed by atoms with E-state index >= 15 is 0 Å². The number of likely N-dealkylation sites (tertiary alicyclic amines) is 1. The van der Waals surface area contributed by atoms with E-state index in [4.69, 9.17) is 0 Å². The second kappa shape index (κ2) is 7.67. The largest absolute Gasteiger partial charge is 0.349 e. The van der Waals surface area contributed by atoms with Crippen LogP contribution in [-0.4, -0.2) is 62.0 Å². The van der Waals surface area contributed by atoms with Crippen molar-refractivity contribution in [1.29, 1.82) is 0 Å². The molecule has 0 saturated carbocycles. The molecule has 0 aliphatic carbocycles. The first-order valence-corrected chi connectivity index (χ1v) is 6.79. The van der Waals surface area contributed by atoms with Crippen molar-refractivity contribution in [1.82, 2.24) is 15.1 Å². The number of carbonyl (C=O) groups is 1. The van der Waals surface area contributed by atoms with Gasteiger partial charge in [-0.15, -0.1) is 0 Å². The molecule has 17 heavy (non-hydrogen) atoms. The maximum Gasteiger partial charge on any atom is 0.222 e. The summed E-state index contributed by atoms with van der Waals surface area (Å²) in [5.41, 5.74) is 0. The van der Waals surface area contributed by atoms with Crippen LogP contribution in [0, 0.1) is 0 Å². The van der Waals surface area contributed by atoms with Gasteiger partial charge >= 0.3 is 0 Å². The predicted octanol–water partition coefficient (Wildman–Crippen LogP) is 0.929. The number of hydrogen-bond acceptors (Lipinski definition) is 3. The van der Waals surface area contributed by atoms with Crippen LogP contribution in [-0.2, 0) is 4.79 Å². The summed E-state index contributed by atoms with van der Waals surface area (Å²) in [6.45, 7) is 6.65. The van der Waals surface area contributed by atoms with Gasteiger partial charge in [0, 0.05) is 26.6 Å². The fourth-order valence-corrected chi connectivity index (χ4v) is 2.33. The molecule has 0 radical (unpaired) electrons. The summed E-state index contributed by atoms with van der Waals surface area (Å²) in [4.78, 5) is 15.6. The van der Waals surface area contributed by atoms with Crippen LogP contribution in [0.5, 0.6) is 0 Å². The van der Waals surface area contributed by atoms with Gasteiger partial charge in [0.25, 0.3) is 0 Å². The lowest BCUT2D eigenvalue weighted by Crippen LogP contribution is -2.42. The predicted molar refractivity (Wildman–Crippen MR) is 71.1 cm³/mol. The zero-order chi connectivity index (χ0) is 12.7. The van der Waals surface area contributed by atoms with Gasteiger partial charge in [0.1, 0.15) is 0 Å². The highest BCUT2D eigenvalue weighted by Gasteiger charge is 2.17. The highest BCUT2D eigenvalue weighted by atomic mass is 16.2. The second-order valence-electron chi connectivity index (χ2n) is 5.07. The molecule has 0 spiro atoms. The van der Waals surface area contributed by atoms with Crippen molar-refractivity contribution in [3.05, 3.63) is 0 Å². The molecular formula is C13H27N3O. The van der Waals surface area contributed by atoms with E-state index in [9.17, 15) is 4.79 Å². The Bertz CT molecular complexity index is 223. The van der Waals surface area contributed by atoms with Crippen LogP contribution in [0.15, 0.2) is 0 Å². The Hall–Kier alpha value is -0.610. The fraction of sp³-hybridized carbons (Fsp3) is 0.923. The smallest absolute Gasteiger partial charge is 0.222 e. The molecule has 0 bridgehead atoms. The van der Waals surface area contributed by atoms with Gasteiger partial charge in [-0.1, -0.05) is 6.92 Å². The van der Waals surface area contributed by atoms with Crippen molar-refractivity contribution in [3.63, 3.8) is 0 Å². The number of nitrogens with one attached hydrogen (secondary N) is 1. The second-order valence-corrected chi connectivity index (χ2v) is 5.07. The minimum Gasteiger partial charge on any atom is -0.349 e. The lowest BCUT2D eigenvalue weighted by atomic mass is 10.0. The number of hydrogen-bond donors (Lipinski definition) is 1. The molecule has 1 aliphatic heterocycles. The topological polar surface area (TPSA) is 35.6 Å². The molecular weight excluding hydrogens is 214 g/mol. The van der Waals surface area contributed by atoms with Gasteiger partial charge in [-0.05, 0) is 45.4 Å². The number of piperidine rings is 1. The van der Waals surface area contributed by atoms with E-state index in [0.717, 1.165) is 19.5 Å². The summed E-state index contributed by atoms with van der Waals surface area (Å²) in [6.07, 6.45) is 4.16. The molecule has 1 saturated heterocycles. The Morgan fingerprint density at radius 1 is 1.35 bits per heavy atom. The summed E-state index contributed by atoms with van der Waals surface area (Å²) in [5, 5.41) is 3.51. The Balaban J connectivity index is 2.08. The van der Waals surface area contributed by atoms with E-state index in [1.165, 1.54) is 25.9 Å². The average molecular weight is 241 g/mol. The van der Waals surface area contributed by atoms with E-state index in [1.807, 2.05) is 14.1 Å². The van der Waals surface area contributed by atoms with Gasteiger partial charge in [-0.25, -0.2) is 0 Å². The standard InChI is InChI=1S/C13H27N3O/c1-4-14-12-7-10-16(11-8-12)9-5-6-13(17)15(2)3/h12,14H,4-11H2,1-3H3. The number of nitrogens with zero attached hydrogens (tertiary/aromatic N) is 2. The zero-order valence-electron chi connectivity index (χ0n) is 11.5. The summed E-state index contributed by atoms with van der Waals surface area (Å²) >= 11 is 0. The first-order chi connectivity index (χ1) is 8.13. The highest BCUT2D eigenvalue weighted by molar-refractivity contribution is 5.75. The maximum atomic E-state index is 11.4. The van der Waals surface area contributed by atoms with E-state index in [2.05, 4.69) is 17.1 Å². The molecule has 1 rings (SSSR count). The van der Waals surface area contributed by atoms with E-state index < -0.39 is 0 Å². The van der Waals surface area contributed by atoms with Crippen LogP contribution >= 0.6 is 0 Å². The zero-order valence-corrected chi connectivity index (χ0v) is 11.5. The van der Waals surface area contributed by atoms with Gasteiger partial charge in [0.05, 0.1) is 0 Å². The molecule has 1 N–H and O–H groups in total. The summed E-state index contributed by atoms with van der Waals surface area (Å²) in [5.74, 6) is 0.243. The molecule has 0 aromatic heterocycles. The third-order valence-electron chi connectivity index (χ3n) is 3.44. The minimum absolute atomic E-state index is 0.243. The molecule has 0 aromatic rings. The van der Waals surface area contributed by atoms with Gasteiger partial charge in [-0.3, -0.25) is 4.79 Å². The fourth-order valence-electron chi connectivity index (χ4n) is 2.33. The Morgan fingerprint density at radius 3 is 2.53 bits per heavy atom. The molecule has 1 heterocycles. The van der Waals surface area contributed by atoms with Gasteiger partial charge in [0.2, 0.25) is 5.91 Å². The van der Waals surface area contributed by atoms with E-state index in [0.29, 0.717) is 12.5 Å². The van der Waals surface area contributed by atoms with Crippen LogP contribution < -0.4 is 5.32 Å². The molecule has 1 fully saturated rings. The minimum atomic E-state index is 0.243. The average Bonchev–Trinajstić information content (AvgIpc) is 2.31. The van der Waals surface area contributed by atoms with Crippen molar-refractivity contribution in [3.8, 4) is 0 Å². The quantitative estimate of drug-likeness (QED) is 0.751. The van der Waals surface area contributed by atoms with Crippen LogP contribution in [0.3, 0.4) is 0 Å². The highest BCUT2D eigenvalue weighted by Crippen LogP contribution is 2.11. The number of rotatable bonds is 6. The van der Waals surface area contributed by atoms with E-state index in [-0.39, 0.29) is 5.91 Å². The first-order valence-electron chi connectivity index (χ1n) is 6.79. The molecule has 0 atom stereocenters. The number of carbonyl (C=O) groups excluding carboxylic acids is 1. The Kier molecular flexibility index (Phi) is 6.52. The third kappa shape index (κ3) is 5.50. The molecule has 4 nitrogen and oxygen atoms in total. The maximum absolute atomic E-state index is 11.4. The molecule has 0 unspecified atom stereocenters. The van der Waals surface area contributed by atoms with Crippen molar-refractivity contribution in [2.75, 3.05) is 40.3 Å². The molecule has 100 valence electrons. The van der Waals surface area contributed by atoms with Crippen LogP contribution in [0.4, 0.5) is 0 Å². The van der Waals surface area contributed by atoms with Crippen molar-refractivity contribution < 1.29 is 4.79 Å². The van der Waals surface area contributed by atoms with Gasteiger partial charge in [-0.2, -0.15) is 0 Å². The molecule has 1 amide bonds. The monoisotopic (exact) mass is 241 g/mol. The van der Waals surface area contributed by atoms with Crippen molar-refractivity contribution in [2.45, 2.75) is 38.6 Å². The van der Waals surface area contributed by atoms with Crippen molar-refractivity contribution >= 4 is 5.91 Å². The van der Waals surface area contributed by atoms with Crippen LogP contribution in [0.1, 0.15) is 32.6 Å². The van der Waals surface area contributed by atoms with Crippen molar-refractivity contribution in [2.24, 2.45) is 0 Å². The molecule has 4 heteroatoms. The van der Waals surface area contributed by atoms with E-state index in [1.54, 1.807) is 4.90 Å². The SMILES string of the molecule is CCNC1CCN(CCCC(=O)N(C)C)CC1. The Labute approximate surface area is 105 Å².